The number of benzene rings is 3. The maximum Gasteiger partial charge on any atom is 0.196 e. The van der Waals surface area contributed by atoms with Crippen LogP contribution in [0.15, 0.2) is 71.9 Å². The molecular weight excluding hydrogens is 453 g/mol. The Hall–Kier alpha value is -2.67. The molecule has 31 heavy (non-hydrogen) atoms. The number of hydrogen-bond donors (Lipinski definition) is 0. The second-order valence-corrected chi connectivity index (χ2v) is 8.36. The quantitative estimate of drug-likeness (QED) is 0.286. The number of aromatic nitrogens is 3. The molecule has 0 unspecified atom stereocenters. The summed E-state index contributed by atoms with van der Waals surface area (Å²) in [4.78, 5) is 0. The highest BCUT2D eigenvalue weighted by atomic mass is 35.5. The van der Waals surface area contributed by atoms with Crippen molar-refractivity contribution in [3.8, 4) is 28.6 Å². The van der Waals surface area contributed by atoms with E-state index in [-0.39, 0.29) is 0 Å². The van der Waals surface area contributed by atoms with Crippen LogP contribution in [0.5, 0.6) is 11.5 Å². The largest absolute Gasteiger partial charge is 0.497 e. The second-order valence-electron chi connectivity index (χ2n) is 6.61. The van der Waals surface area contributed by atoms with E-state index in [0.717, 1.165) is 39.2 Å². The highest BCUT2D eigenvalue weighted by molar-refractivity contribution is 7.98. The van der Waals surface area contributed by atoms with Gasteiger partial charge in [0.15, 0.2) is 11.0 Å². The van der Waals surface area contributed by atoms with Gasteiger partial charge in [-0.3, -0.25) is 4.57 Å². The molecule has 0 bridgehead atoms. The molecule has 1 heterocycles. The van der Waals surface area contributed by atoms with E-state index < -0.39 is 0 Å². The maximum absolute atomic E-state index is 6.30. The molecule has 1 aromatic heterocycles. The minimum Gasteiger partial charge on any atom is -0.497 e. The van der Waals surface area contributed by atoms with Gasteiger partial charge in [-0.2, -0.15) is 0 Å². The van der Waals surface area contributed by atoms with Crippen LogP contribution >= 0.6 is 35.0 Å². The van der Waals surface area contributed by atoms with E-state index in [9.17, 15) is 0 Å². The average molecular weight is 472 g/mol. The lowest BCUT2D eigenvalue weighted by molar-refractivity contribution is 0.414. The maximum atomic E-state index is 6.30. The minimum atomic E-state index is 0.472. The molecule has 0 aliphatic heterocycles. The van der Waals surface area contributed by atoms with Crippen molar-refractivity contribution in [3.05, 3.63) is 82.3 Å². The van der Waals surface area contributed by atoms with E-state index in [4.69, 9.17) is 32.7 Å². The molecule has 5 nitrogen and oxygen atoms in total. The van der Waals surface area contributed by atoms with Gasteiger partial charge >= 0.3 is 0 Å². The molecule has 4 rings (SSSR count). The summed E-state index contributed by atoms with van der Waals surface area (Å²) < 4.78 is 12.5. The van der Waals surface area contributed by atoms with E-state index in [1.54, 1.807) is 32.0 Å². The lowest BCUT2D eigenvalue weighted by atomic mass is 10.2. The zero-order chi connectivity index (χ0) is 21.8. The molecule has 158 valence electrons. The van der Waals surface area contributed by atoms with Crippen LogP contribution in [0.4, 0.5) is 0 Å². The Bertz CT molecular complexity index is 1180. The first-order chi connectivity index (χ1) is 15.1. The Labute approximate surface area is 194 Å². The average Bonchev–Trinajstić information content (AvgIpc) is 3.24. The molecule has 0 radical (unpaired) electrons. The van der Waals surface area contributed by atoms with Gasteiger partial charge in [-0.1, -0.05) is 47.1 Å². The molecule has 8 heteroatoms. The molecule has 3 aromatic carbocycles. The number of hydrogen-bond acceptors (Lipinski definition) is 5. The normalized spacial score (nSPS) is 10.8. The molecule has 0 fully saturated rings. The molecular formula is C23H19Cl2N3O2S. The van der Waals surface area contributed by atoms with Crippen molar-refractivity contribution in [2.45, 2.75) is 10.9 Å². The van der Waals surface area contributed by atoms with E-state index in [1.807, 2.05) is 65.2 Å². The fraction of sp³-hybridized carbons (Fsp3) is 0.130. The van der Waals surface area contributed by atoms with Gasteiger partial charge in [-0.05, 0) is 60.2 Å². The first-order valence-electron chi connectivity index (χ1n) is 9.40. The number of ether oxygens (including phenoxy) is 2. The first kappa shape index (κ1) is 21.6. The van der Waals surface area contributed by atoms with Crippen LogP contribution in [0.25, 0.3) is 17.1 Å². The predicted molar refractivity (Wildman–Crippen MR) is 126 cm³/mol. The highest BCUT2D eigenvalue weighted by Crippen LogP contribution is 2.33. The van der Waals surface area contributed by atoms with Crippen LogP contribution in [0.3, 0.4) is 0 Å². The van der Waals surface area contributed by atoms with Crippen molar-refractivity contribution >= 4 is 35.0 Å². The summed E-state index contributed by atoms with van der Waals surface area (Å²) in [5.74, 6) is 3.04. The summed E-state index contributed by atoms with van der Waals surface area (Å²) in [5, 5.41) is 10.6. The first-order valence-corrected chi connectivity index (χ1v) is 11.1. The minimum absolute atomic E-state index is 0.472. The summed E-state index contributed by atoms with van der Waals surface area (Å²) in [6.07, 6.45) is 0. The number of rotatable bonds is 7. The van der Waals surface area contributed by atoms with Gasteiger partial charge < -0.3 is 9.47 Å². The lowest BCUT2D eigenvalue weighted by Gasteiger charge is -2.12. The van der Waals surface area contributed by atoms with E-state index in [0.29, 0.717) is 15.9 Å². The molecule has 0 saturated heterocycles. The number of halogens is 2. The molecule has 0 N–H and O–H groups in total. The smallest absolute Gasteiger partial charge is 0.196 e. The number of thioether (sulfide) groups is 1. The highest BCUT2D eigenvalue weighted by Gasteiger charge is 2.17. The van der Waals surface area contributed by atoms with Gasteiger partial charge in [0.2, 0.25) is 0 Å². The summed E-state index contributed by atoms with van der Waals surface area (Å²) in [5.41, 5.74) is 2.90. The molecule has 0 atom stereocenters. The summed E-state index contributed by atoms with van der Waals surface area (Å²) >= 11 is 14.0. The van der Waals surface area contributed by atoms with E-state index >= 15 is 0 Å². The standard InChI is InChI=1S/C23H19Cl2N3O2S/c1-29-18-8-3-15(4-9-18)14-31-23-27-26-22(16-5-10-19(30-2)11-6-16)28(23)17-7-12-20(24)21(25)13-17/h3-13H,14H2,1-2H3. The topological polar surface area (TPSA) is 49.2 Å². The van der Waals surface area contributed by atoms with Crippen LogP contribution in [-0.2, 0) is 5.75 Å². The van der Waals surface area contributed by atoms with Gasteiger partial charge in [0, 0.05) is 11.3 Å². The number of nitrogens with zero attached hydrogens (tertiary/aromatic N) is 3. The SMILES string of the molecule is COc1ccc(CSc2nnc(-c3ccc(OC)cc3)n2-c2ccc(Cl)c(Cl)c2)cc1. The van der Waals surface area contributed by atoms with Crippen molar-refractivity contribution in [2.24, 2.45) is 0 Å². The van der Waals surface area contributed by atoms with Crippen molar-refractivity contribution in [3.63, 3.8) is 0 Å². The van der Waals surface area contributed by atoms with Gasteiger partial charge in [0.25, 0.3) is 0 Å². The fourth-order valence-electron chi connectivity index (χ4n) is 3.02. The molecule has 0 amide bonds. The van der Waals surface area contributed by atoms with Crippen molar-refractivity contribution in [1.29, 1.82) is 0 Å². The van der Waals surface area contributed by atoms with Gasteiger partial charge in [0.05, 0.1) is 30.0 Å². The second kappa shape index (κ2) is 9.64. The van der Waals surface area contributed by atoms with Crippen molar-refractivity contribution in [2.75, 3.05) is 14.2 Å². The molecule has 0 aliphatic carbocycles. The van der Waals surface area contributed by atoms with E-state index in [1.165, 1.54) is 0 Å². The third-order valence-electron chi connectivity index (χ3n) is 4.67. The summed E-state index contributed by atoms with van der Waals surface area (Å²) in [7, 11) is 3.30. The Morgan fingerprint density at radius 3 is 2.06 bits per heavy atom. The van der Waals surface area contributed by atoms with Crippen LogP contribution in [0.2, 0.25) is 10.0 Å². The third-order valence-corrected chi connectivity index (χ3v) is 6.41. The van der Waals surface area contributed by atoms with Crippen LogP contribution in [0.1, 0.15) is 5.56 Å². The van der Waals surface area contributed by atoms with Gasteiger partial charge in [-0.15, -0.1) is 10.2 Å². The van der Waals surface area contributed by atoms with Crippen LogP contribution in [0, 0.1) is 0 Å². The predicted octanol–water partition coefficient (Wildman–Crippen LogP) is 6.55. The molecule has 0 saturated carbocycles. The van der Waals surface area contributed by atoms with Gasteiger partial charge in [0.1, 0.15) is 11.5 Å². The zero-order valence-electron chi connectivity index (χ0n) is 16.9. The lowest BCUT2D eigenvalue weighted by Crippen LogP contribution is -2.00. The van der Waals surface area contributed by atoms with Crippen LogP contribution < -0.4 is 9.47 Å². The Kier molecular flexibility index (Phi) is 6.70. The zero-order valence-corrected chi connectivity index (χ0v) is 19.2. The summed E-state index contributed by atoms with van der Waals surface area (Å²) in [6, 6.07) is 21.2. The molecule has 0 spiro atoms. The molecule has 0 aliphatic rings. The fourth-order valence-corrected chi connectivity index (χ4v) is 4.22. The van der Waals surface area contributed by atoms with Crippen molar-refractivity contribution < 1.29 is 9.47 Å². The monoisotopic (exact) mass is 471 g/mol. The number of methoxy groups -OCH3 is 2. The summed E-state index contributed by atoms with van der Waals surface area (Å²) in [6.45, 7) is 0. The van der Waals surface area contributed by atoms with Crippen LogP contribution in [-0.4, -0.2) is 29.0 Å². The molecule has 4 aromatic rings. The Balaban J connectivity index is 1.71. The Morgan fingerprint density at radius 2 is 1.45 bits per heavy atom. The van der Waals surface area contributed by atoms with E-state index in [2.05, 4.69) is 10.2 Å². The van der Waals surface area contributed by atoms with Gasteiger partial charge in [-0.25, -0.2) is 0 Å². The third kappa shape index (κ3) is 4.82. The van der Waals surface area contributed by atoms with Crippen molar-refractivity contribution in [1.82, 2.24) is 14.8 Å². The Morgan fingerprint density at radius 1 is 0.806 bits per heavy atom.